The van der Waals surface area contributed by atoms with Crippen LogP contribution in [0.4, 0.5) is 0 Å². The molecule has 3 aromatic carbocycles. The van der Waals surface area contributed by atoms with Crippen LogP contribution in [0, 0.1) is 0 Å². The Hall–Kier alpha value is -4.83. The quantitative estimate of drug-likeness (QED) is 0.262. The number of aromatic nitrogens is 1. The minimum atomic E-state index is -0.750. The number of ether oxygens (including phenoxy) is 5. The highest BCUT2D eigenvalue weighted by Gasteiger charge is 2.34. The molecule has 0 unspecified atom stereocenters. The minimum Gasteiger partial charge on any atom is -0.490 e. The number of hydrogen-bond donors (Lipinski definition) is 0. The van der Waals surface area contributed by atoms with Crippen LogP contribution in [0.15, 0.2) is 87.8 Å². The van der Waals surface area contributed by atoms with E-state index in [-0.39, 0.29) is 19.0 Å². The van der Waals surface area contributed by atoms with Crippen LogP contribution in [0.2, 0.25) is 0 Å². The van der Waals surface area contributed by atoms with Gasteiger partial charge in [0, 0.05) is 0 Å². The van der Waals surface area contributed by atoms with Gasteiger partial charge in [0.05, 0.1) is 35.1 Å². The standard InChI is InChI=1S/C33H30N2O7S/c1-4-38-26-15-22(11-13-24(26)40-18-21-9-7-6-8-10-21)16-28-31(36)35-30(23-12-14-25-27(17-23)42-19-41-25)29(32(37)39-5-2)20(3)34-33(35)43-28/h6-17,30H,4-5,18-19H2,1-3H3/b28-16+/t30-/m1/s1. The molecule has 0 amide bonds. The van der Waals surface area contributed by atoms with E-state index in [4.69, 9.17) is 23.7 Å². The molecule has 2 aliphatic heterocycles. The summed E-state index contributed by atoms with van der Waals surface area (Å²) in [6, 6.07) is 20.1. The average Bonchev–Trinajstić information content (AvgIpc) is 3.60. The zero-order chi connectivity index (χ0) is 29.9. The van der Waals surface area contributed by atoms with Crippen molar-refractivity contribution < 1.29 is 28.5 Å². The van der Waals surface area contributed by atoms with Gasteiger partial charge >= 0.3 is 5.97 Å². The molecule has 0 fully saturated rings. The van der Waals surface area contributed by atoms with E-state index in [9.17, 15) is 9.59 Å². The molecule has 9 nitrogen and oxygen atoms in total. The van der Waals surface area contributed by atoms with Crippen molar-refractivity contribution in [3.05, 3.63) is 114 Å². The Morgan fingerprint density at radius 3 is 2.60 bits per heavy atom. The van der Waals surface area contributed by atoms with E-state index in [1.165, 1.54) is 11.3 Å². The SMILES string of the molecule is CCOC(=O)C1=C(C)N=c2s/c(=C/c3ccc(OCc4ccccc4)c(OCC)c3)c(=O)n2[C@@H]1c1ccc2c(c1)OCO2. The first-order valence-electron chi connectivity index (χ1n) is 14.0. The van der Waals surface area contributed by atoms with Crippen molar-refractivity contribution in [3.8, 4) is 23.0 Å². The molecule has 0 bridgehead atoms. The molecule has 0 N–H and O–H groups in total. The van der Waals surface area contributed by atoms with E-state index in [1.54, 1.807) is 36.6 Å². The van der Waals surface area contributed by atoms with Crippen molar-refractivity contribution >= 4 is 23.4 Å². The second-order valence-corrected chi connectivity index (χ2v) is 10.8. The molecular weight excluding hydrogens is 568 g/mol. The predicted octanol–water partition coefficient (Wildman–Crippen LogP) is 4.50. The van der Waals surface area contributed by atoms with E-state index in [2.05, 4.69) is 4.99 Å². The Kier molecular flexibility index (Phi) is 8.02. The van der Waals surface area contributed by atoms with Crippen LogP contribution in [0.3, 0.4) is 0 Å². The number of hydrogen-bond acceptors (Lipinski definition) is 9. The normalized spacial score (nSPS) is 15.6. The number of allylic oxidation sites excluding steroid dienone is 1. The summed E-state index contributed by atoms with van der Waals surface area (Å²) in [5.41, 5.74) is 3.02. The Bertz CT molecular complexity index is 1890. The fraction of sp³-hybridized carbons (Fsp3) is 0.242. The fourth-order valence-electron chi connectivity index (χ4n) is 5.08. The summed E-state index contributed by atoms with van der Waals surface area (Å²) in [6.07, 6.45) is 1.80. The Labute approximate surface area is 251 Å². The molecule has 0 aliphatic carbocycles. The maximum absolute atomic E-state index is 14.0. The number of carbonyl (C=O) groups excluding carboxylic acids is 1. The van der Waals surface area contributed by atoms with E-state index in [0.717, 1.165) is 11.1 Å². The fourth-order valence-corrected chi connectivity index (χ4v) is 6.13. The third kappa shape index (κ3) is 5.65. The van der Waals surface area contributed by atoms with E-state index in [0.29, 0.717) is 62.4 Å². The molecule has 1 aromatic heterocycles. The number of benzene rings is 3. The van der Waals surface area contributed by atoms with Crippen molar-refractivity contribution in [2.75, 3.05) is 20.0 Å². The van der Waals surface area contributed by atoms with E-state index >= 15 is 0 Å². The van der Waals surface area contributed by atoms with Crippen molar-refractivity contribution in [2.45, 2.75) is 33.4 Å². The lowest BCUT2D eigenvalue weighted by atomic mass is 9.95. The van der Waals surface area contributed by atoms with Gasteiger partial charge in [-0.05, 0) is 67.8 Å². The van der Waals surface area contributed by atoms with Crippen LogP contribution in [-0.4, -0.2) is 30.5 Å². The summed E-state index contributed by atoms with van der Waals surface area (Å²) in [6.45, 7) is 6.58. The summed E-state index contributed by atoms with van der Waals surface area (Å²) in [4.78, 5) is 32.3. The van der Waals surface area contributed by atoms with Gasteiger partial charge in [0.2, 0.25) is 6.79 Å². The summed E-state index contributed by atoms with van der Waals surface area (Å²) < 4.78 is 30.4. The number of nitrogens with zero attached hydrogens (tertiary/aromatic N) is 2. The third-order valence-corrected chi connectivity index (χ3v) is 8.01. The second-order valence-electron chi connectivity index (χ2n) is 9.83. The summed E-state index contributed by atoms with van der Waals surface area (Å²) in [5.74, 6) is 1.83. The topological polar surface area (TPSA) is 97.6 Å². The van der Waals surface area contributed by atoms with Gasteiger partial charge in [-0.2, -0.15) is 0 Å². The highest BCUT2D eigenvalue weighted by Crippen LogP contribution is 2.38. The number of thiazole rings is 1. The van der Waals surface area contributed by atoms with Crippen LogP contribution in [0.5, 0.6) is 23.0 Å². The lowest BCUT2D eigenvalue weighted by molar-refractivity contribution is -0.139. The molecule has 43 heavy (non-hydrogen) atoms. The molecule has 10 heteroatoms. The Balaban J connectivity index is 1.41. The number of rotatable bonds is 9. The lowest BCUT2D eigenvalue weighted by Gasteiger charge is -2.24. The third-order valence-electron chi connectivity index (χ3n) is 7.03. The molecule has 0 saturated carbocycles. The molecule has 6 rings (SSSR count). The van der Waals surface area contributed by atoms with Gasteiger partial charge in [-0.1, -0.05) is 53.8 Å². The molecule has 2 aliphatic rings. The highest BCUT2D eigenvalue weighted by atomic mass is 32.1. The number of esters is 1. The summed E-state index contributed by atoms with van der Waals surface area (Å²) >= 11 is 1.26. The van der Waals surface area contributed by atoms with Gasteiger partial charge in [0.25, 0.3) is 5.56 Å². The van der Waals surface area contributed by atoms with Gasteiger partial charge < -0.3 is 23.7 Å². The first-order valence-corrected chi connectivity index (χ1v) is 14.8. The smallest absolute Gasteiger partial charge is 0.338 e. The average molecular weight is 599 g/mol. The van der Waals surface area contributed by atoms with Crippen LogP contribution >= 0.6 is 11.3 Å². The monoisotopic (exact) mass is 598 g/mol. The molecule has 1 atom stereocenters. The van der Waals surface area contributed by atoms with Gasteiger partial charge in [0.15, 0.2) is 27.8 Å². The summed E-state index contributed by atoms with van der Waals surface area (Å²) in [5, 5.41) is 0. The number of carbonyl (C=O) groups is 1. The Morgan fingerprint density at radius 1 is 1.00 bits per heavy atom. The maximum Gasteiger partial charge on any atom is 0.338 e. The molecule has 0 spiro atoms. The van der Waals surface area contributed by atoms with Crippen LogP contribution in [0.1, 0.15) is 43.5 Å². The first-order chi connectivity index (χ1) is 21.0. The van der Waals surface area contributed by atoms with Gasteiger partial charge in [0.1, 0.15) is 6.61 Å². The van der Waals surface area contributed by atoms with E-state index < -0.39 is 12.0 Å². The van der Waals surface area contributed by atoms with Crippen molar-refractivity contribution in [2.24, 2.45) is 4.99 Å². The van der Waals surface area contributed by atoms with Crippen LogP contribution < -0.4 is 33.8 Å². The highest BCUT2D eigenvalue weighted by molar-refractivity contribution is 7.07. The molecule has 0 radical (unpaired) electrons. The largest absolute Gasteiger partial charge is 0.490 e. The summed E-state index contributed by atoms with van der Waals surface area (Å²) in [7, 11) is 0. The van der Waals surface area contributed by atoms with Gasteiger partial charge in [-0.25, -0.2) is 9.79 Å². The first kappa shape index (κ1) is 28.3. The van der Waals surface area contributed by atoms with Crippen molar-refractivity contribution in [1.82, 2.24) is 4.57 Å². The van der Waals surface area contributed by atoms with Crippen LogP contribution in [-0.2, 0) is 16.1 Å². The van der Waals surface area contributed by atoms with Crippen molar-refractivity contribution in [1.29, 1.82) is 0 Å². The van der Waals surface area contributed by atoms with Gasteiger partial charge in [-0.15, -0.1) is 0 Å². The second kappa shape index (κ2) is 12.2. The van der Waals surface area contributed by atoms with Gasteiger partial charge in [-0.3, -0.25) is 9.36 Å². The molecule has 0 saturated heterocycles. The Morgan fingerprint density at radius 2 is 1.81 bits per heavy atom. The van der Waals surface area contributed by atoms with E-state index in [1.807, 2.05) is 61.5 Å². The maximum atomic E-state index is 14.0. The predicted molar refractivity (Wildman–Crippen MR) is 161 cm³/mol. The number of fused-ring (bicyclic) bond motifs is 2. The lowest BCUT2D eigenvalue weighted by Crippen LogP contribution is -2.39. The molecular formula is C33H30N2O7S. The zero-order valence-electron chi connectivity index (χ0n) is 24.0. The van der Waals surface area contributed by atoms with Crippen molar-refractivity contribution in [3.63, 3.8) is 0 Å². The molecule has 220 valence electrons. The van der Waals surface area contributed by atoms with Crippen LogP contribution in [0.25, 0.3) is 6.08 Å². The minimum absolute atomic E-state index is 0.112. The molecule has 4 aromatic rings. The zero-order valence-corrected chi connectivity index (χ0v) is 24.8. The molecule has 3 heterocycles.